The number of hydrogen-bond acceptors (Lipinski definition) is 4. The molecule has 5 nitrogen and oxygen atoms in total. The second kappa shape index (κ2) is 3.66. The Labute approximate surface area is 96.2 Å². The molecule has 8 heteroatoms. The summed E-state index contributed by atoms with van der Waals surface area (Å²) in [7, 11) is -2.62. The van der Waals surface area contributed by atoms with E-state index in [4.69, 9.17) is 5.41 Å². The second-order valence-electron chi connectivity index (χ2n) is 3.33. The van der Waals surface area contributed by atoms with Gasteiger partial charge in [0.05, 0.1) is 5.56 Å². The third-order valence-electron chi connectivity index (χ3n) is 2.39. The number of rotatable bonds is 2. The number of nitrogens with one attached hydrogen (secondary N) is 1. The Kier molecular flexibility index (Phi) is 2.53. The number of ether oxygens (including phenoxy) is 1. The summed E-state index contributed by atoms with van der Waals surface area (Å²) in [4.78, 5) is -0.192. The summed E-state index contributed by atoms with van der Waals surface area (Å²) in [6.45, 7) is -3.07. The number of amidine groups is 1. The first-order valence-corrected chi connectivity index (χ1v) is 5.95. The van der Waals surface area contributed by atoms with Crippen molar-refractivity contribution in [3.05, 3.63) is 23.8 Å². The van der Waals surface area contributed by atoms with E-state index >= 15 is 0 Å². The Morgan fingerprint density at radius 2 is 2.06 bits per heavy atom. The maximum atomic E-state index is 12.2. The molecule has 92 valence electrons. The van der Waals surface area contributed by atoms with Crippen LogP contribution in [0.3, 0.4) is 0 Å². The van der Waals surface area contributed by atoms with Crippen molar-refractivity contribution in [3.63, 3.8) is 0 Å². The first-order chi connectivity index (χ1) is 7.85. The molecule has 0 spiro atoms. The minimum atomic E-state index is -3.81. The lowest BCUT2D eigenvalue weighted by molar-refractivity contribution is -0.0501. The van der Waals surface area contributed by atoms with Crippen molar-refractivity contribution < 1.29 is 21.9 Å². The molecule has 0 saturated carbocycles. The van der Waals surface area contributed by atoms with Gasteiger partial charge in [-0.3, -0.25) is 9.71 Å². The zero-order chi connectivity index (χ0) is 12.8. The van der Waals surface area contributed by atoms with Crippen LogP contribution in [-0.4, -0.2) is 32.2 Å². The molecule has 0 fully saturated rings. The number of alkyl halides is 2. The highest BCUT2D eigenvalue weighted by Crippen LogP contribution is 2.35. The summed E-state index contributed by atoms with van der Waals surface area (Å²) < 4.78 is 52.8. The number of halogens is 2. The third-order valence-corrected chi connectivity index (χ3v) is 4.19. The summed E-state index contributed by atoms with van der Waals surface area (Å²) in [5, 5.41) is 7.60. The van der Waals surface area contributed by atoms with Crippen LogP contribution in [0.25, 0.3) is 0 Å². The number of benzene rings is 1. The Bertz CT molecular complexity index is 586. The van der Waals surface area contributed by atoms with Gasteiger partial charge in [-0.05, 0) is 12.1 Å². The molecule has 0 atom stereocenters. The fraction of sp³-hybridized carbons (Fsp3) is 0.222. The highest BCUT2D eigenvalue weighted by molar-refractivity contribution is 7.90. The summed E-state index contributed by atoms with van der Waals surface area (Å²) in [6.07, 6.45) is 0. The second-order valence-corrected chi connectivity index (χ2v) is 5.27. The lowest BCUT2D eigenvalue weighted by Crippen LogP contribution is -2.25. The molecule has 1 aliphatic heterocycles. The van der Waals surface area contributed by atoms with Crippen LogP contribution in [-0.2, 0) is 10.0 Å². The van der Waals surface area contributed by atoms with Crippen LogP contribution in [0.4, 0.5) is 8.78 Å². The van der Waals surface area contributed by atoms with E-state index in [1.165, 1.54) is 25.2 Å². The third kappa shape index (κ3) is 1.64. The van der Waals surface area contributed by atoms with Gasteiger partial charge in [0.1, 0.15) is 16.5 Å². The Morgan fingerprint density at radius 1 is 1.41 bits per heavy atom. The maximum absolute atomic E-state index is 12.2. The van der Waals surface area contributed by atoms with Gasteiger partial charge in [0.2, 0.25) is 0 Å². The van der Waals surface area contributed by atoms with Crippen LogP contribution in [0.15, 0.2) is 23.1 Å². The molecule has 1 aromatic rings. The van der Waals surface area contributed by atoms with E-state index in [1.54, 1.807) is 0 Å². The Morgan fingerprint density at radius 3 is 2.65 bits per heavy atom. The van der Waals surface area contributed by atoms with E-state index in [-0.39, 0.29) is 22.0 Å². The highest BCUT2D eigenvalue weighted by atomic mass is 32.2. The largest absolute Gasteiger partial charge is 0.434 e. The molecule has 0 amide bonds. The lowest BCUT2D eigenvalue weighted by atomic mass is 10.2. The van der Waals surface area contributed by atoms with Gasteiger partial charge in [-0.2, -0.15) is 8.78 Å². The van der Waals surface area contributed by atoms with Crippen molar-refractivity contribution in [2.24, 2.45) is 0 Å². The molecule has 0 radical (unpaired) electrons. The van der Waals surface area contributed by atoms with Crippen molar-refractivity contribution >= 4 is 15.9 Å². The molecular formula is C9H8F2N2O3S. The zero-order valence-corrected chi connectivity index (χ0v) is 9.46. The normalized spacial score (nSPS) is 17.4. The van der Waals surface area contributed by atoms with E-state index < -0.39 is 16.6 Å². The van der Waals surface area contributed by atoms with Gasteiger partial charge in [0.15, 0.2) is 0 Å². The van der Waals surface area contributed by atoms with Crippen LogP contribution in [0.5, 0.6) is 5.75 Å². The van der Waals surface area contributed by atoms with Gasteiger partial charge in [0.25, 0.3) is 10.0 Å². The van der Waals surface area contributed by atoms with Crippen LogP contribution < -0.4 is 4.74 Å². The fourth-order valence-corrected chi connectivity index (χ4v) is 2.91. The molecule has 0 saturated heterocycles. The van der Waals surface area contributed by atoms with Crippen molar-refractivity contribution in [2.45, 2.75) is 11.5 Å². The van der Waals surface area contributed by atoms with Gasteiger partial charge in [-0.15, -0.1) is 0 Å². The van der Waals surface area contributed by atoms with Crippen LogP contribution >= 0.6 is 0 Å². The summed E-state index contributed by atoms with van der Waals surface area (Å²) in [6, 6.07) is 3.75. The van der Waals surface area contributed by atoms with E-state index in [1.807, 2.05) is 0 Å². The van der Waals surface area contributed by atoms with Crippen molar-refractivity contribution in [1.29, 1.82) is 5.41 Å². The van der Waals surface area contributed by atoms with Crippen LogP contribution in [0, 0.1) is 5.41 Å². The van der Waals surface area contributed by atoms with Crippen molar-refractivity contribution in [3.8, 4) is 5.75 Å². The number of nitrogens with zero attached hydrogens (tertiary/aromatic N) is 1. The van der Waals surface area contributed by atoms with Gasteiger partial charge in [0, 0.05) is 7.05 Å². The summed E-state index contributed by atoms with van der Waals surface area (Å²) >= 11 is 0. The maximum Gasteiger partial charge on any atom is 0.387 e. The van der Waals surface area contributed by atoms with Crippen LogP contribution in [0.1, 0.15) is 5.56 Å². The monoisotopic (exact) mass is 262 g/mol. The number of hydrogen-bond donors (Lipinski definition) is 1. The SMILES string of the molecule is CN1C(=N)c2c(OC(F)F)cccc2S1(=O)=O. The predicted octanol–water partition coefficient (Wildman–Crippen LogP) is 1.25. The minimum Gasteiger partial charge on any atom is -0.434 e. The molecular weight excluding hydrogens is 254 g/mol. The molecule has 0 bridgehead atoms. The Hall–Kier alpha value is -1.70. The summed E-state index contributed by atoms with van der Waals surface area (Å²) in [5.41, 5.74) is -0.129. The zero-order valence-electron chi connectivity index (χ0n) is 8.65. The van der Waals surface area contributed by atoms with E-state index in [0.29, 0.717) is 0 Å². The first kappa shape index (κ1) is 11.8. The predicted molar refractivity (Wildman–Crippen MR) is 54.9 cm³/mol. The molecule has 1 heterocycles. The van der Waals surface area contributed by atoms with E-state index in [2.05, 4.69) is 4.74 Å². The average molecular weight is 262 g/mol. The van der Waals surface area contributed by atoms with Gasteiger partial charge in [-0.1, -0.05) is 6.07 Å². The van der Waals surface area contributed by atoms with Crippen molar-refractivity contribution in [1.82, 2.24) is 4.31 Å². The highest BCUT2D eigenvalue weighted by Gasteiger charge is 2.38. The molecule has 0 aromatic heterocycles. The van der Waals surface area contributed by atoms with Gasteiger partial charge < -0.3 is 4.74 Å². The molecule has 1 aliphatic rings. The van der Waals surface area contributed by atoms with Gasteiger partial charge >= 0.3 is 6.61 Å². The standard InChI is InChI=1S/C9H8F2N2O3S/c1-13-8(12)7-5(16-9(10)11)3-2-4-6(7)17(13,14)15/h2-4,9,12H,1H3. The van der Waals surface area contributed by atoms with E-state index in [9.17, 15) is 17.2 Å². The number of fused-ring (bicyclic) bond motifs is 1. The smallest absolute Gasteiger partial charge is 0.387 e. The molecule has 0 unspecified atom stereocenters. The quantitative estimate of drug-likeness (QED) is 0.871. The molecule has 17 heavy (non-hydrogen) atoms. The number of sulfonamides is 1. The molecule has 0 aliphatic carbocycles. The first-order valence-electron chi connectivity index (χ1n) is 4.51. The molecule has 1 N–H and O–H groups in total. The van der Waals surface area contributed by atoms with Gasteiger partial charge in [-0.25, -0.2) is 8.42 Å². The minimum absolute atomic E-state index is 0.129. The lowest BCUT2D eigenvalue weighted by Gasteiger charge is -2.09. The molecule has 1 aromatic carbocycles. The van der Waals surface area contributed by atoms with Crippen LogP contribution in [0.2, 0.25) is 0 Å². The average Bonchev–Trinajstić information content (AvgIpc) is 2.41. The van der Waals surface area contributed by atoms with Crippen molar-refractivity contribution in [2.75, 3.05) is 7.05 Å². The van der Waals surface area contributed by atoms with E-state index in [0.717, 1.165) is 4.31 Å². The fourth-order valence-electron chi connectivity index (χ4n) is 1.58. The topological polar surface area (TPSA) is 70.5 Å². The molecule has 2 rings (SSSR count). The Balaban J connectivity index is 2.66. The summed E-state index contributed by atoms with van der Waals surface area (Å²) in [5.74, 6) is -0.688.